The number of anilines is 3. The second-order valence-corrected chi connectivity index (χ2v) is 7.58. The van der Waals surface area contributed by atoms with Crippen LogP contribution in [0.5, 0.6) is 0 Å². The minimum Gasteiger partial charge on any atom is -0.459 e. The molecular formula is C23H24ClN3O3. The van der Waals surface area contributed by atoms with E-state index in [-0.39, 0.29) is 5.91 Å². The van der Waals surface area contributed by atoms with Gasteiger partial charge in [0, 0.05) is 36.3 Å². The lowest BCUT2D eigenvalue weighted by Crippen LogP contribution is -2.36. The van der Waals surface area contributed by atoms with E-state index in [0.717, 1.165) is 47.2 Å². The average molecular weight is 426 g/mol. The maximum Gasteiger partial charge on any atom is 0.221 e. The molecule has 7 heteroatoms. The predicted octanol–water partition coefficient (Wildman–Crippen LogP) is 5.01. The van der Waals surface area contributed by atoms with Gasteiger partial charge in [-0.05, 0) is 54.6 Å². The normalized spacial score (nSPS) is 13.9. The van der Waals surface area contributed by atoms with E-state index in [1.54, 1.807) is 0 Å². The molecule has 1 aliphatic rings. The van der Waals surface area contributed by atoms with Gasteiger partial charge in [0.1, 0.15) is 11.5 Å². The number of nitrogens with one attached hydrogen (secondary N) is 2. The Hall–Kier alpha value is -2.96. The zero-order valence-corrected chi connectivity index (χ0v) is 17.5. The first-order valence-electron chi connectivity index (χ1n) is 9.91. The number of furan rings is 1. The van der Waals surface area contributed by atoms with Crippen molar-refractivity contribution in [3.05, 3.63) is 65.4 Å². The standard InChI is InChI=1S/C23H24ClN3O3/c1-16(28)26-19-6-8-21(22(14-19)27-10-12-29-13-11-27)25-15-20-7-9-23(30-20)17-2-4-18(24)5-3-17/h2-9,14,25H,10-13,15H2,1H3,(H,26,28). The Morgan fingerprint density at radius 2 is 1.83 bits per heavy atom. The first-order chi connectivity index (χ1) is 14.6. The maximum absolute atomic E-state index is 11.5. The van der Waals surface area contributed by atoms with Crippen LogP contribution in [0, 0.1) is 0 Å². The van der Waals surface area contributed by atoms with Crippen molar-refractivity contribution < 1.29 is 13.9 Å². The topological polar surface area (TPSA) is 66.7 Å². The van der Waals surface area contributed by atoms with Gasteiger partial charge >= 0.3 is 0 Å². The summed E-state index contributed by atoms with van der Waals surface area (Å²) in [7, 11) is 0. The third-order valence-electron chi connectivity index (χ3n) is 4.91. The molecule has 2 heterocycles. The van der Waals surface area contributed by atoms with Crippen molar-refractivity contribution in [2.45, 2.75) is 13.5 Å². The number of ether oxygens (including phenoxy) is 1. The number of hydrogen-bond donors (Lipinski definition) is 2. The lowest BCUT2D eigenvalue weighted by atomic mass is 10.2. The molecule has 0 spiro atoms. The molecule has 0 bridgehead atoms. The molecule has 30 heavy (non-hydrogen) atoms. The molecule has 1 aliphatic heterocycles. The summed E-state index contributed by atoms with van der Waals surface area (Å²) in [4.78, 5) is 13.7. The number of nitrogens with zero attached hydrogens (tertiary/aromatic N) is 1. The van der Waals surface area contributed by atoms with E-state index >= 15 is 0 Å². The van der Waals surface area contributed by atoms with Crippen LogP contribution in [0.15, 0.2) is 59.0 Å². The largest absolute Gasteiger partial charge is 0.459 e. The molecule has 3 aromatic rings. The molecule has 1 amide bonds. The van der Waals surface area contributed by atoms with Gasteiger partial charge in [-0.15, -0.1) is 0 Å². The van der Waals surface area contributed by atoms with Crippen LogP contribution in [0.3, 0.4) is 0 Å². The first kappa shape index (κ1) is 20.3. The third-order valence-corrected chi connectivity index (χ3v) is 5.17. The van der Waals surface area contributed by atoms with Crippen molar-refractivity contribution in [3.63, 3.8) is 0 Å². The SMILES string of the molecule is CC(=O)Nc1ccc(NCc2ccc(-c3ccc(Cl)cc3)o2)c(N2CCOCC2)c1. The van der Waals surface area contributed by atoms with Crippen LogP contribution in [-0.4, -0.2) is 32.2 Å². The molecular weight excluding hydrogens is 402 g/mol. The fourth-order valence-electron chi connectivity index (χ4n) is 3.45. The lowest BCUT2D eigenvalue weighted by Gasteiger charge is -2.31. The van der Waals surface area contributed by atoms with Gasteiger partial charge in [0.05, 0.1) is 31.1 Å². The molecule has 0 unspecified atom stereocenters. The Morgan fingerprint density at radius 3 is 2.57 bits per heavy atom. The summed E-state index contributed by atoms with van der Waals surface area (Å²) in [6, 6.07) is 17.4. The van der Waals surface area contributed by atoms with Crippen LogP contribution < -0.4 is 15.5 Å². The molecule has 6 nitrogen and oxygen atoms in total. The van der Waals surface area contributed by atoms with Gasteiger partial charge in [0.15, 0.2) is 0 Å². The van der Waals surface area contributed by atoms with E-state index in [2.05, 4.69) is 15.5 Å². The molecule has 0 saturated carbocycles. The Labute approximate surface area is 180 Å². The van der Waals surface area contributed by atoms with Gasteiger partial charge in [0.2, 0.25) is 5.91 Å². The number of benzene rings is 2. The quantitative estimate of drug-likeness (QED) is 0.581. The molecule has 2 aromatic carbocycles. The van der Waals surface area contributed by atoms with Crippen LogP contribution in [0.4, 0.5) is 17.1 Å². The maximum atomic E-state index is 11.5. The monoisotopic (exact) mass is 425 g/mol. The molecule has 0 atom stereocenters. The zero-order chi connectivity index (χ0) is 20.9. The highest BCUT2D eigenvalue weighted by atomic mass is 35.5. The number of halogens is 1. The number of morpholine rings is 1. The summed E-state index contributed by atoms with van der Waals surface area (Å²) in [6.07, 6.45) is 0. The van der Waals surface area contributed by atoms with E-state index in [0.29, 0.717) is 24.8 Å². The molecule has 1 aromatic heterocycles. The minimum absolute atomic E-state index is 0.0889. The van der Waals surface area contributed by atoms with Gasteiger partial charge in [0.25, 0.3) is 0 Å². The van der Waals surface area contributed by atoms with Crippen LogP contribution in [-0.2, 0) is 16.1 Å². The van der Waals surface area contributed by atoms with Crippen molar-refractivity contribution in [1.82, 2.24) is 0 Å². The summed E-state index contributed by atoms with van der Waals surface area (Å²) < 4.78 is 11.5. The Balaban J connectivity index is 1.51. The van der Waals surface area contributed by atoms with E-state index in [4.69, 9.17) is 20.8 Å². The fourth-order valence-corrected chi connectivity index (χ4v) is 3.58. The van der Waals surface area contributed by atoms with E-state index in [9.17, 15) is 4.79 Å². The van der Waals surface area contributed by atoms with Crippen molar-refractivity contribution in [3.8, 4) is 11.3 Å². The number of hydrogen-bond acceptors (Lipinski definition) is 5. The van der Waals surface area contributed by atoms with Crippen LogP contribution in [0.2, 0.25) is 5.02 Å². The fraction of sp³-hybridized carbons (Fsp3) is 0.261. The Morgan fingerprint density at radius 1 is 1.07 bits per heavy atom. The zero-order valence-electron chi connectivity index (χ0n) is 16.8. The molecule has 2 N–H and O–H groups in total. The summed E-state index contributed by atoms with van der Waals surface area (Å²) in [5, 5.41) is 7.03. The van der Waals surface area contributed by atoms with Gasteiger partial charge < -0.3 is 24.7 Å². The van der Waals surface area contributed by atoms with Crippen molar-refractivity contribution in [2.24, 2.45) is 0 Å². The summed E-state index contributed by atoms with van der Waals surface area (Å²) in [5.74, 6) is 1.55. The number of carbonyl (C=O) groups excluding carboxylic acids is 1. The smallest absolute Gasteiger partial charge is 0.221 e. The van der Waals surface area contributed by atoms with E-state index in [1.165, 1.54) is 6.92 Å². The number of carbonyl (C=O) groups is 1. The Bertz CT molecular complexity index is 1010. The van der Waals surface area contributed by atoms with E-state index < -0.39 is 0 Å². The van der Waals surface area contributed by atoms with Gasteiger partial charge in [-0.3, -0.25) is 4.79 Å². The molecule has 156 valence electrons. The highest BCUT2D eigenvalue weighted by molar-refractivity contribution is 6.30. The minimum atomic E-state index is -0.0889. The molecule has 0 radical (unpaired) electrons. The number of rotatable bonds is 6. The van der Waals surface area contributed by atoms with Crippen molar-refractivity contribution in [1.29, 1.82) is 0 Å². The second-order valence-electron chi connectivity index (χ2n) is 7.14. The van der Waals surface area contributed by atoms with Crippen molar-refractivity contribution >= 4 is 34.6 Å². The second kappa shape index (κ2) is 9.24. The van der Waals surface area contributed by atoms with Gasteiger partial charge in [-0.25, -0.2) is 0 Å². The van der Waals surface area contributed by atoms with Crippen LogP contribution in [0.1, 0.15) is 12.7 Å². The lowest BCUT2D eigenvalue weighted by molar-refractivity contribution is -0.114. The molecule has 1 saturated heterocycles. The van der Waals surface area contributed by atoms with Crippen LogP contribution >= 0.6 is 11.6 Å². The van der Waals surface area contributed by atoms with E-state index in [1.807, 2.05) is 54.6 Å². The number of amides is 1. The predicted molar refractivity (Wildman–Crippen MR) is 120 cm³/mol. The summed E-state index contributed by atoms with van der Waals surface area (Å²) >= 11 is 5.96. The molecule has 4 rings (SSSR count). The highest BCUT2D eigenvalue weighted by Crippen LogP contribution is 2.31. The van der Waals surface area contributed by atoms with Crippen molar-refractivity contribution in [2.75, 3.05) is 41.8 Å². The summed E-state index contributed by atoms with van der Waals surface area (Å²) in [6.45, 7) is 5.04. The Kier molecular flexibility index (Phi) is 6.26. The molecule has 0 aliphatic carbocycles. The average Bonchev–Trinajstić information content (AvgIpc) is 3.22. The van der Waals surface area contributed by atoms with Crippen LogP contribution in [0.25, 0.3) is 11.3 Å². The third kappa shape index (κ3) is 4.96. The molecule has 1 fully saturated rings. The summed E-state index contributed by atoms with van der Waals surface area (Å²) in [5.41, 5.74) is 3.78. The van der Waals surface area contributed by atoms with Gasteiger partial charge in [-0.2, -0.15) is 0 Å². The van der Waals surface area contributed by atoms with Gasteiger partial charge in [-0.1, -0.05) is 11.6 Å². The first-order valence-corrected chi connectivity index (χ1v) is 10.3. The highest BCUT2D eigenvalue weighted by Gasteiger charge is 2.16.